The van der Waals surface area contributed by atoms with Crippen molar-refractivity contribution in [1.82, 2.24) is 15.5 Å². The molecule has 0 saturated carbocycles. The van der Waals surface area contributed by atoms with Gasteiger partial charge in [0, 0.05) is 30.7 Å². The van der Waals surface area contributed by atoms with Crippen LogP contribution in [0, 0.1) is 25.7 Å². The first-order chi connectivity index (χ1) is 12.6. The summed E-state index contributed by atoms with van der Waals surface area (Å²) in [6.45, 7) is 15.6. The standard InChI is InChI=1S/C22H35N3O2/c1-15-9-16(2)13-25(12-15)22(5,6)14-24-20(26)11-23-21(27)19-8-7-17(3)18(4)10-19/h7-8,10,15-16H,9,11-14H2,1-6H3,(H,23,27)(H,24,26). The minimum absolute atomic E-state index is 0.00531. The van der Waals surface area contributed by atoms with Crippen LogP contribution in [0.1, 0.15) is 55.6 Å². The van der Waals surface area contributed by atoms with Crippen molar-refractivity contribution in [3.63, 3.8) is 0 Å². The van der Waals surface area contributed by atoms with E-state index in [0.717, 1.165) is 24.2 Å². The maximum Gasteiger partial charge on any atom is 0.251 e. The van der Waals surface area contributed by atoms with Gasteiger partial charge in [-0.3, -0.25) is 14.5 Å². The molecule has 2 unspecified atom stereocenters. The molecule has 5 heteroatoms. The van der Waals surface area contributed by atoms with Crippen molar-refractivity contribution in [3.8, 4) is 0 Å². The molecular weight excluding hydrogens is 338 g/mol. The second-order valence-electron chi connectivity index (χ2n) is 8.92. The molecule has 0 spiro atoms. The summed E-state index contributed by atoms with van der Waals surface area (Å²) in [6, 6.07) is 5.56. The number of nitrogens with one attached hydrogen (secondary N) is 2. The van der Waals surface area contributed by atoms with E-state index in [-0.39, 0.29) is 23.9 Å². The fraction of sp³-hybridized carbons (Fsp3) is 0.636. The van der Waals surface area contributed by atoms with Gasteiger partial charge in [0.2, 0.25) is 5.91 Å². The molecule has 5 nitrogen and oxygen atoms in total. The number of benzene rings is 1. The lowest BCUT2D eigenvalue weighted by atomic mass is 9.88. The zero-order valence-corrected chi connectivity index (χ0v) is 17.7. The molecule has 2 atom stereocenters. The molecule has 0 aliphatic carbocycles. The molecule has 2 amide bonds. The molecule has 1 aliphatic rings. The number of amides is 2. The van der Waals surface area contributed by atoms with E-state index in [9.17, 15) is 9.59 Å². The van der Waals surface area contributed by atoms with E-state index in [0.29, 0.717) is 23.9 Å². The van der Waals surface area contributed by atoms with Crippen molar-refractivity contribution >= 4 is 11.8 Å². The van der Waals surface area contributed by atoms with Crippen LogP contribution in [0.5, 0.6) is 0 Å². The average molecular weight is 374 g/mol. The second kappa shape index (κ2) is 8.87. The van der Waals surface area contributed by atoms with Crippen molar-refractivity contribution in [2.75, 3.05) is 26.2 Å². The summed E-state index contributed by atoms with van der Waals surface area (Å²) < 4.78 is 0. The lowest BCUT2D eigenvalue weighted by Crippen LogP contribution is -2.56. The van der Waals surface area contributed by atoms with Gasteiger partial charge in [0.25, 0.3) is 5.91 Å². The Hall–Kier alpha value is -1.88. The van der Waals surface area contributed by atoms with E-state index in [1.54, 1.807) is 6.07 Å². The molecule has 1 saturated heterocycles. The fourth-order valence-electron chi connectivity index (χ4n) is 3.79. The lowest BCUT2D eigenvalue weighted by molar-refractivity contribution is -0.120. The van der Waals surface area contributed by atoms with Crippen LogP contribution in [0.15, 0.2) is 18.2 Å². The number of carbonyl (C=O) groups excluding carboxylic acids is 2. The quantitative estimate of drug-likeness (QED) is 0.806. The van der Waals surface area contributed by atoms with Crippen LogP contribution in [-0.4, -0.2) is 48.4 Å². The Morgan fingerprint density at radius 2 is 1.70 bits per heavy atom. The van der Waals surface area contributed by atoms with E-state index in [4.69, 9.17) is 0 Å². The van der Waals surface area contributed by atoms with Gasteiger partial charge in [-0.15, -0.1) is 0 Å². The molecule has 0 aromatic heterocycles. The highest BCUT2D eigenvalue weighted by Gasteiger charge is 2.32. The second-order valence-corrected chi connectivity index (χ2v) is 8.92. The highest BCUT2D eigenvalue weighted by molar-refractivity contribution is 5.96. The van der Waals surface area contributed by atoms with Gasteiger partial charge in [-0.1, -0.05) is 19.9 Å². The summed E-state index contributed by atoms with van der Waals surface area (Å²) in [7, 11) is 0. The number of nitrogens with zero attached hydrogens (tertiary/aromatic N) is 1. The molecule has 150 valence electrons. The smallest absolute Gasteiger partial charge is 0.251 e. The van der Waals surface area contributed by atoms with Gasteiger partial charge in [-0.2, -0.15) is 0 Å². The van der Waals surface area contributed by atoms with Gasteiger partial charge < -0.3 is 10.6 Å². The van der Waals surface area contributed by atoms with E-state index < -0.39 is 0 Å². The van der Waals surface area contributed by atoms with E-state index in [1.165, 1.54) is 6.42 Å². The first-order valence-corrected chi connectivity index (χ1v) is 9.95. The predicted octanol–water partition coefficient (Wildman–Crippen LogP) is 2.91. The highest BCUT2D eigenvalue weighted by Crippen LogP contribution is 2.26. The molecular formula is C22H35N3O2. The lowest BCUT2D eigenvalue weighted by Gasteiger charge is -2.45. The number of aryl methyl sites for hydroxylation is 2. The van der Waals surface area contributed by atoms with Crippen molar-refractivity contribution in [2.24, 2.45) is 11.8 Å². The number of hydrogen-bond donors (Lipinski definition) is 2. The van der Waals surface area contributed by atoms with Crippen LogP contribution in [0.4, 0.5) is 0 Å². The molecule has 1 fully saturated rings. The van der Waals surface area contributed by atoms with Crippen LogP contribution in [0.3, 0.4) is 0 Å². The zero-order chi connectivity index (χ0) is 20.2. The Morgan fingerprint density at radius 1 is 1.07 bits per heavy atom. The Kier molecular flexibility index (Phi) is 7.04. The van der Waals surface area contributed by atoms with Gasteiger partial charge in [-0.05, 0) is 69.2 Å². The topological polar surface area (TPSA) is 61.4 Å². The van der Waals surface area contributed by atoms with Gasteiger partial charge in [0.1, 0.15) is 0 Å². The first kappa shape index (κ1) is 21.4. The molecule has 1 aliphatic heterocycles. The minimum Gasteiger partial charge on any atom is -0.353 e. The van der Waals surface area contributed by atoms with Gasteiger partial charge in [0.05, 0.1) is 6.54 Å². The number of likely N-dealkylation sites (tertiary alicyclic amines) is 1. The molecule has 1 aromatic rings. The Bertz CT molecular complexity index is 674. The molecule has 0 bridgehead atoms. The van der Waals surface area contributed by atoms with E-state index in [2.05, 4.69) is 43.2 Å². The third-order valence-electron chi connectivity index (χ3n) is 5.62. The largest absolute Gasteiger partial charge is 0.353 e. The molecule has 2 N–H and O–H groups in total. The summed E-state index contributed by atoms with van der Waals surface area (Å²) >= 11 is 0. The monoisotopic (exact) mass is 373 g/mol. The van der Waals surface area contributed by atoms with Gasteiger partial charge in [-0.25, -0.2) is 0 Å². The Balaban J connectivity index is 1.81. The third kappa shape index (κ3) is 6.06. The van der Waals surface area contributed by atoms with E-state index in [1.807, 2.05) is 26.0 Å². The van der Waals surface area contributed by atoms with E-state index >= 15 is 0 Å². The summed E-state index contributed by atoms with van der Waals surface area (Å²) in [5.41, 5.74) is 2.70. The van der Waals surface area contributed by atoms with Crippen LogP contribution in [-0.2, 0) is 4.79 Å². The normalized spacial score (nSPS) is 21.0. The van der Waals surface area contributed by atoms with Crippen LogP contribution in [0.2, 0.25) is 0 Å². The third-order valence-corrected chi connectivity index (χ3v) is 5.62. The molecule has 1 aromatic carbocycles. The summed E-state index contributed by atoms with van der Waals surface area (Å²) in [5, 5.41) is 5.69. The molecule has 0 radical (unpaired) electrons. The fourth-order valence-corrected chi connectivity index (χ4v) is 3.79. The molecule has 27 heavy (non-hydrogen) atoms. The summed E-state index contributed by atoms with van der Waals surface area (Å²) in [4.78, 5) is 26.9. The summed E-state index contributed by atoms with van der Waals surface area (Å²) in [6.07, 6.45) is 1.27. The van der Waals surface area contributed by atoms with Crippen molar-refractivity contribution in [3.05, 3.63) is 34.9 Å². The Morgan fingerprint density at radius 3 is 2.30 bits per heavy atom. The zero-order valence-electron chi connectivity index (χ0n) is 17.7. The van der Waals surface area contributed by atoms with Gasteiger partial charge >= 0.3 is 0 Å². The summed E-state index contributed by atoms with van der Waals surface area (Å²) in [5.74, 6) is 0.992. The highest BCUT2D eigenvalue weighted by atomic mass is 16.2. The molecule has 2 rings (SSSR count). The van der Waals surface area contributed by atoms with Crippen LogP contribution in [0.25, 0.3) is 0 Å². The maximum absolute atomic E-state index is 12.2. The van der Waals surface area contributed by atoms with Crippen LogP contribution < -0.4 is 10.6 Å². The maximum atomic E-state index is 12.2. The Labute approximate surface area is 163 Å². The van der Waals surface area contributed by atoms with Crippen molar-refractivity contribution < 1.29 is 9.59 Å². The van der Waals surface area contributed by atoms with Crippen LogP contribution >= 0.6 is 0 Å². The number of carbonyl (C=O) groups is 2. The van der Waals surface area contributed by atoms with Gasteiger partial charge in [0.15, 0.2) is 0 Å². The number of piperidine rings is 1. The SMILES string of the molecule is Cc1ccc(C(=O)NCC(=O)NCC(C)(C)N2CC(C)CC(C)C2)cc1C. The van der Waals surface area contributed by atoms with Crippen molar-refractivity contribution in [1.29, 1.82) is 0 Å². The van der Waals surface area contributed by atoms with Crippen molar-refractivity contribution in [2.45, 2.75) is 53.5 Å². The minimum atomic E-state index is -0.216. The predicted molar refractivity (Wildman–Crippen MR) is 110 cm³/mol. The number of hydrogen-bond acceptors (Lipinski definition) is 3. The number of rotatable bonds is 6. The molecule has 1 heterocycles. The average Bonchev–Trinajstić information content (AvgIpc) is 2.59. The first-order valence-electron chi connectivity index (χ1n) is 9.95.